The predicted molar refractivity (Wildman–Crippen MR) is 50.4 cm³/mol. The Morgan fingerprint density at radius 3 is 2.50 bits per heavy atom. The van der Waals surface area contributed by atoms with E-state index in [-0.39, 0.29) is 0 Å². The van der Waals surface area contributed by atoms with Crippen molar-refractivity contribution in [1.29, 1.82) is 5.41 Å². The summed E-state index contributed by atoms with van der Waals surface area (Å²) in [5, 5.41) is 25.8. The van der Waals surface area contributed by atoms with Gasteiger partial charge in [-0.25, -0.2) is 4.79 Å². The molecule has 0 aliphatic carbocycles. The summed E-state index contributed by atoms with van der Waals surface area (Å²) in [5.74, 6) is -3.12. The molecule has 0 aromatic rings. The van der Waals surface area contributed by atoms with Gasteiger partial charge in [0.1, 0.15) is 6.42 Å². The summed E-state index contributed by atoms with van der Waals surface area (Å²) < 4.78 is 9.20. The van der Waals surface area contributed by atoms with Gasteiger partial charge < -0.3 is 19.7 Å². The second-order valence-electron chi connectivity index (χ2n) is 2.44. The Hall–Kier alpha value is -2.27. The molecular formula is C8H10N2O6. The lowest BCUT2D eigenvalue weighted by molar-refractivity contribution is -0.157. The first-order valence-electron chi connectivity index (χ1n) is 3.96. The van der Waals surface area contributed by atoms with Crippen molar-refractivity contribution in [3.05, 3.63) is 0 Å². The number of carboxylic acid groups (broad SMARTS) is 2. The molecule has 0 aliphatic heterocycles. The molecule has 0 aliphatic rings. The van der Waals surface area contributed by atoms with Crippen LogP contribution in [0.3, 0.4) is 0 Å². The van der Waals surface area contributed by atoms with Crippen LogP contribution < -0.4 is 5.32 Å². The molecule has 0 radical (unpaired) electrons. The maximum atomic E-state index is 10.2. The van der Waals surface area contributed by atoms with Gasteiger partial charge in [0.25, 0.3) is 6.41 Å². The van der Waals surface area contributed by atoms with Crippen LogP contribution in [0.4, 0.5) is 0 Å². The second-order valence-corrected chi connectivity index (χ2v) is 2.44. The van der Waals surface area contributed by atoms with Crippen molar-refractivity contribution in [1.82, 2.24) is 5.32 Å². The fraction of sp³-hybridized carbons (Fsp3) is 0.375. The Morgan fingerprint density at radius 2 is 2.06 bits per heavy atom. The molecule has 8 nitrogen and oxygen atoms in total. The minimum atomic E-state index is -1.37. The van der Waals surface area contributed by atoms with Crippen LogP contribution in [0.1, 0.15) is 6.42 Å². The third-order valence-corrected chi connectivity index (χ3v) is 1.12. The van der Waals surface area contributed by atoms with E-state index >= 15 is 0 Å². The van der Waals surface area contributed by atoms with Gasteiger partial charge in [0.05, 0.1) is 0 Å². The standard InChI is InChI=1S/C8H10N2O6/c1-2-10-8(15-4-7(13)14)16-5(9)3-6(11)12/h1,8-10H,3-4H2,(H,11,12)(H,13,14). The van der Waals surface area contributed by atoms with E-state index in [1.807, 2.05) is 6.04 Å². The van der Waals surface area contributed by atoms with Crippen molar-refractivity contribution in [3.63, 3.8) is 0 Å². The highest BCUT2D eigenvalue weighted by atomic mass is 16.7. The molecular weight excluding hydrogens is 220 g/mol. The summed E-state index contributed by atoms with van der Waals surface area (Å²) in [6, 6.07) is 1.91. The topological polar surface area (TPSA) is 129 Å². The largest absolute Gasteiger partial charge is 0.481 e. The fourth-order valence-electron chi connectivity index (χ4n) is 0.628. The Labute approximate surface area is 90.7 Å². The van der Waals surface area contributed by atoms with Gasteiger partial charge in [-0.15, -0.1) is 0 Å². The highest BCUT2D eigenvalue weighted by molar-refractivity contribution is 5.91. The molecule has 0 saturated carbocycles. The molecule has 1 unspecified atom stereocenters. The van der Waals surface area contributed by atoms with E-state index in [4.69, 9.17) is 22.0 Å². The van der Waals surface area contributed by atoms with Crippen LogP contribution in [0.15, 0.2) is 0 Å². The summed E-state index contributed by atoms with van der Waals surface area (Å²) in [4.78, 5) is 20.4. The van der Waals surface area contributed by atoms with Crippen molar-refractivity contribution in [2.75, 3.05) is 6.61 Å². The lowest BCUT2D eigenvalue weighted by Crippen LogP contribution is -2.35. The third kappa shape index (κ3) is 7.16. The quantitative estimate of drug-likeness (QED) is 0.145. The molecule has 0 saturated heterocycles. The zero-order valence-corrected chi connectivity index (χ0v) is 8.10. The number of ether oxygens (including phenoxy) is 2. The first kappa shape index (κ1) is 13.7. The molecule has 1 atom stereocenters. The number of hydrogen-bond acceptors (Lipinski definition) is 6. The molecule has 0 bridgehead atoms. The van der Waals surface area contributed by atoms with Crippen LogP contribution in [-0.4, -0.2) is 41.1 Å². The Bertz CT molecular complexity index is 321. The van der Waals surface area contributed by atoms with Gasteiger partial charge in [-0.2, -0.15) is 0 Å². The van der Waals surface area contributed by atoms with Crippen LogP contribution in [0.25, 0.3) is 0 Å². The number of nitrogens with one attached hydrogen (secondary N) is 2. The lowest BCUT2D eigenvalue weighted by Gasteiger charge is -2.16. The van der Waals surface area contributed by atoms with E-state index in [0.29, 0.717) is 0 Å². The van der Waals surface area contributed by atoms with E-state index in [1.165, 1.54) is 0 Å². The van der Waals surface area contributed by atoms with Crippen LogP contribution >= 0.6 is 0 Å². The molecule has 8 heteroatoms. The van der Waals surface area contributed by atoms with Crippen molar-refractivity contribution in [2.45, 2.75) is 12.8 Å². The van der Waals surface area contributed by atoms with Gasteiger partial charge in [0, 0.05) is 6.04 Å². The number of terminal acetylenes is 1. The molecule has 16 heavy (non-hydrogen) atoms. The molecule has 0 heterocycles. The maximum Gasteiger partial charge on any atom is 0.329 e. The lowest BCUT2D eigenvalue weighted by atomic mass is 10.4. The third-order valence-electron chi connectivity index (χ3n) is 1.12. The number of carboxylic acids is 2. The monoisotopic (exact) mass is 230 g/mol. The van der Waals surface area contributed by atoms with E-state index < -0.39 is 37.3 Å². The normalized spacial score (nSPS) is 10.9. The Kier molecular flexibility index (Phi) is 6.07. The summed E-state index contributed by atoms with van der Waals surface area (Å²) >= 11 is 0. The predicted octanol–water partition coefficient (Wildman–Crippen LogP) is -0.980. The zero-order chi connectivity index (χ0) is 12.6. The molecule has 4 N–H and O–H groups in total. The van der Waals surface area contributed by atoms with E-state index in [1.54, 1.807) is 0 Å². The maximum absolute atomic E-state index is 10.2. The molecule has 0 rings (SSSR count). The number of hydrogen-bond donors (Lipinski definition) is 4. The van der Waals surface area contributed by atoms with Crippen molar-refractivity contribution in [2.24, 2.45) is 0 Å². The first-order chi connectivity index (χ1) is 7.45. The Morgan fingerprint density at radius 1 is 1.44 bits per heavy atom. The number of rotatable bonds is 7. The molecule has 88 valence electrons. The average molecular weight is 230 g/mol. The van der Waals surface area contributed by atoms with Crippen molar-refractivity contribution in [3.8, 4) is 12.5 Å². The van der Waals surface area contributed by atoms with Gasteiger partial charge in [0.15, 0.2) is 12.5 Å². The first-order valence-corrected chi connectivity index (χ1v) is 3.96. The zero-order valence-electron chi connectivity index (χ0n) is 8.10. The fourth-order valence-corrected chi connectivity index (χ4v) is 0.628. The minimum absolute atomic E-state index is 0.606. The highest BCUT2D eigenvalue weighted by Crippen LogP contribution is 1.95. The molecule has 0 aromatic heterocycles. The minimum Gasteiger partial charge on any atom is -0.481 e. The molecule has 0 fully saturated rings. The highest BCUT2D eigenvalue weighted by Gasteiger charge is 2.14. The van der Waals surface area contributed by atoms with Crippen molar-refractivity contribution < 1.29 is 29.3 Å². The number of carbonyl (C=O) groups is 2. The second kappa shape index (κ2) is 7.08. The molecule has 0 spiro atoms. The SMILES string of the molecule is C#CNC(OCC(=O)O)OC(=N)CC(=O)O. The van der Waals surface area contributed by atoms with Crippen LogP contribution in [0.2, 0.25) is 0 Å². The van der Waals surface area contributed by atoms with Crippen LogP contribution in [-0.2, 0) is 19.1 Å². The summed E-state index contributed by atoms with van der Waals surface area (Å²) in [7, 11) is 0. The van der Waals surface area contributed by atoms with Gasteiger partial charge in [0.2, 0.25) is 0 Å². The van der Waals surface area contributed by atoms with Gasteiger partial charge >= 0.3 is 11.9 Å². The van der Waals surface area contributed by atoms with E-state index in [9.17, 15) is 9.59 Å². The smallest absolute Gasteiger partial charge is 0.329 e. The molecule has 0 aromatic carbocycles. The summed E-state index contributed by atoms with van der Waals surface area (Å²) in [6.45, 7) is -0.695. The molecule has 0 amide bonds. The van der Waals surface area contributed by atoms with Gasteiger partial charge in [-0.3, -0.25) is 15.5 Å². The Balaban J connectivity index is 4.11. The van der Waals surface area contributed by atoms with Crippen LogP contribution in [0, 0.1) is 17.9 Å². The van der Waals surface area contributed by atoms with Crippen LogP contribution in [0.5, 0.6) is 0 Å². The van der Waals surface area contributed by atoms with E-state index in [0.717, 1.165) is 0 Å². The van der Waals surface area contributed by atoms with Crippen molar-refractivity contribution >= 4 is 17.8 Å². The summed E-state index contributed by atoms with van der Waals surface area (Å²) in [5.41, 5.74) is 0. The number of aliphatic carboxylic acids is 2. The van der Waals surface area contributed by atoms with Gasteiger partial charge in [-0.05, 0) is 0 Å². The average Bonchev–Trinajstić information content (AvgIpc) is 2.13. The van der Waals surface area contributed by atoms with E-state index in [2.05, 4.69) is 14.8 Å². The summed E-state index contributed by atoms with van der Waals surface area (Å²) in [6.07, 6.45) is 2.84. The van der Waals surface area contributed by atoms with Gasteiger partial charge in [-0.1, -0.05) is 6.42 Å².